The van der Waals surface area contributed by atoms with Gasteiger partial charge in [-0.15, -0.1) is 0 Å². The molecule has 0 aromatic heterocycles. The molecule has 0 bridgehead atoms. The third-order valence-electron chi connectivity index (χ3n) is 15.6. The fourth-order valence-electron chi connectivity index (χ4n) is 10.3. The van der Waals surface area contributed by atoms with Gasteiger partial charge in [0, 0.05) is 22.3 Å². The molecular formula is C74H96O6P2. The van der Waals surface area contributed by atoms with Crippen LogP contribution in [0.4, 0.5) is 0 Å². The average molecular weight is 1140 g/mol. The third kappa shape index (κ3) is 14.8. The maximum atomic E-state index is 7.18. The lowest BCUT2D eigenvalue weighted by molar-refractivity contribution is 0.185. The summed E-state index contributed by atoms with van der Waals surface area (Å²) in [7, 11) is -4.17. The summed E-state index contributed by atoms with van der Waals surface area (Å²) in [6, 6.07) is 44.7. The Balaban J connectivity index is 1.21. The van der Waals surface area contributed by atoms with Crippen LogP contribution < -0.4 is 18.1 Å². The molecule has 0 saturated heterocycles. The van der Waals surface area contributed by atoms with Crippen LogP contribution in [0.5, 0.6) is 23.0 Å². The van der Waals surface area contributed by atoms with E-state index in [0.29, 0.717) is 0 Å². The molecular weight excluding hydrogens is 1050 g/mol. The fourth-order valence-corrected chi connectivity index (χ4v) is 12.3. The number of benzene rings is 8. The molecule has 0 radical (unpaired) electrons. The Morgan fingerprint density at radius 3 is 0.598 bits per heavy atom. The van der Waals surface area contributed by atoms with Crippen LogP contribution in [0.25, 0.3) is 43.1 Å². The lowest BCUT2D eigenvalue weighted by atomic mass is 9.82. The second-order valence-electron chi connectivity index (χ2n) is 31.1. The zero-order valence-corrected chi connectivity index (χ0v) is 56.1. The molecule has 0 aliphatic rings. The quantitative estimate of drug-likeness (QED) is 0.0847. The highest BCUT2D eigenvalue weighted by atomic mass is 31.2. The topological polar surface area (TPSA) is 55.4 Å². The molecule has 0 aliphatic heterocycles. The maximum absolute atomic E-state index is 7.18. The van der Waals surface area contributed by atoms with Crippen LogP contribution in [0.2, 0.25) is 0 Å². The van der Waals surface area contributed by atoms with E-state index in [1.807, 2.05) is 0 Å². The van der Waals surface area contributed by atoms with Crippen molar-refractivity contribution in [3.63, 3.8) is 0 Å². The van der Waals surface area contributed by atoms with Crippen molar-refractivity contribution in [1.29, 1.82) is 0 Å². The van der Waals surface area contributed by atoms with E-state index in [2.05, 4.69) is 287 Å². The van der Waals surface area contributed by atoms with Gasteiger partial charge in [0.15, 0.2) is 0 Å². The molecule has 0 unspecified atom stereocenters. The second-order valence-corrected chi connectivity index (χ2v) is 33.3. The van der Waals surface area contributed by atoms with Crippen molar-refractivity contribution in [2.24, 2.45) is 0 Å². The summed E-state index contributed by atoms with van der Waals surface area (Å²) in [5.74, 6) is 2.88. The Kier molecular flexibility index (Phi) is 17.4. The summed E-state index contributed by atoms with van der Waals surface area (Å²) in [5.41, 5.74) is 8.31. The first-order valence-corrected chi connectivity index (χ1v) is 31.8. The lowest BCUT2D eigenvalue weighted by Crippen LogP contribution is -2.17. The molecule has 0 spiro atoms. The van der Waals surface area contributed by atoms with E-state index in [1.54, 1.807) is 0 Å². The van der Waals surface area contributed by atoms with E-state index in [4.69, 9.17) is 27.1 Å². The van der Waals surface area contributed by atoms with Crippen molar-refractivity contribution in [1.82, 2.24) is 0 Å². The van der Waals surface area contributed by atoms with Gasteiger partial charge in [0.25, 0.3) is 0 Å². The first kappa shape index (κ1) is 62.8. The summed E-state index contributed by atoms with van der Waals surface area (Å²) >= 11 is 0. The molecule has 8 heteroatoms. The maximum Gasteiger partial charge on any atom is 0.463 e. The highest BCUT2D eigenvalue weighted by molar-refractivity contribution is 7.43. The van der Waals surface area contributed by atoms with Crippen LogP contribution in [0.3, 0.4) is 0 Å². The summed E-state index contributed by atoms with van der Waals surface area (Å²) in [5, 5.41) is 9.02. The predicted octanol–water partition coefficient (Wildman–Crippen LogP) is 22.8. The Morgan fingerprint density at radius 1 is 0.232 bits per heavy atom. The standard InChI is InChI=1S/C74H96O6P2/c1-67(2,3)55-29-25-47-43-63(59(71(13,14)15)39-51(47)35-55)77-81(78-64-44-48-26-30-56(68(4,5)6)36-52(48)40-60(64)72(16,17)18)75-33-34-76-82(79-65-45-49-27-31-57(69(7,8)9)37-53(49)41-61(65)73(19,20)21)80-66-46-50-28-32-58(70(10,11)12)38-54(50)42-62(66)74(22,23)24/h25-32,35-46H,33-34H2,1-24H3. The summed E-state index contributed by atoms with van der Waals surface area (Å²) in [4.78, 5) is 0. The number of rotatable bonds is 13. The van der Waals surface area contributed by atoms with Crippen LogP contribution in [0, 0.1) is 0 Å². The number of hydrogen-bond donors (Lipinski definition) is 0. The molecule has 438 valence electrons. The van der Waals surface area contributed by atoms with E-state index in [1.165, 1.54) is 43.8 Å². The van der Waals surface area contributed by atoms with Crippen LogP contribution in [0.15, 0.2) is 121 Å². The molecule has 0 heterocycles. The molecule has 6 nitrogen and oxygen atoms in total. The van der Waals surface area contributed by atoms with Crippen LogP contribution in [0.1, 0.15) is 211 Å². The summed E-state index contributed by atoms with van der Waals surface area (Å²) in [6.45, 7) is 54.1. The molecule has 0 amide bonds. The van der Waals surface area contributed by atoms with E-state index in [9.17, 15) is 0 Å². The SMILES string of the molecule is CC(C)(C)c1ccc2cc(OP(OCCOP(Oc3cc4ccc(C(C)(C)C)cc4cc3C(C)(C)C)Oc3cc4ccc(C(C)(C)C)cc4cc3C(C)(C)C)Oc3cc4ccc(C(C)(C)C)cc4cc3C(C)(C)C)c(C(C)(C)C)cc2c1. The van der Waals surface area contributed by atoms with Gasteiger partial charge in [-0.3, -0.25) is 9.05 Å². The molecule has 82 heavy (non-hydrogen) atoms. The Hall–Kier alpha value is -5.22. The predicted molar refractivity (Wildman–Crippen MR) is 354 cm³/mol. The molecule has 0 fully saturated rings. The molecule has 0 N–H and O–H groups in total. The first-order chi connectivity index (χ1) is 37.6. The summed E-state index contributed by atoms with van der Waals surface area (Å²) < 4.78 is 42.6. The van der Waals surface area contributed by atoms with E-state index in [0.717, 1.165) is 66.8 Å². The van der Waals surface area contributed by atoms with Crippen molar-refractivity contribution in [2.75, 3.05) is 13.2 Å². The van der Waals surface area contributed by atoms with Gasteiger partial charge in [0.1, 0.15) is 23.0 Å². The molecule has 0 saturated carbocycles. The molecule has 8 aromatic carbocycles. The largest absolute Gasteiger partial charge is 0.463 e. The van der Waals surface area contributed by atoms with Gasteiger partial charge in [-0.25, -0.2) is 0 Å². The van der Waals surface area contributed by atoms with Crippen molar-refractivity contribution in [3.05, 3.63) is 166 Å². The molecule has 0 aliphatic carbocycles. The average Bonchev–Trinajstić information content (AvgIpc) is 2.06. The van der Waals surface area contributed by atoms with E-state index < -0.39 is 17.2 Å². The Labute approximate surface area is 496 Å². The first-order valence-electron chi connectivity index (χ1n) is 29.6. The van der Waals surface area contributed by atoms with Crippen LogP contribution in [-0.2, 0) is 52.4 Å². The van der Waals surface area contributed by atoms with Gasteiger partial charge in [0.05, 0.1) is 13.2 Å². The third-order valence-corrected chi connectivity index (χ3v) is 17.8. The lowest BCUT2D eigenvalue weighted by Gasteiger charge is -2.29. The minimum absolute atomic E-state index is 0.000338. The summed E-state index contributed by atoms with van der Waals surface area (Å²) in [6.07, 6.45) is 0. The van der Waals surface area contributed by atoms with Crippen molar-refractivity contribution >= 4 is 60.3 Å². The molecule has 0 atom stereocenters. The van der Waals surface area contributed by atoms with Crippen molar-refractivity contribution in [2.45, 2.75) is 209 Å². The zero-order chi connectivity index (χ0) is 60.5. The minimum Gasteiger partial charge on any atom is -0.417 e. The smallest absolute Gasteiger partial charge is 0.417 e. The van der Waals surface area contributed by atoms with E-state index in [-0.39, 0.29) is 56.5 Å². The molecule has 8 aromatic rings. The Morgan fingerprint density at radius 2 is 0.427 bits per heavy atom. The number of fused-ring (bicyclic) bond motifs is 4. The van der Waals surface area contributed by atoms with E-state index >= 15 is 0 Å². The monoisotopic (exact) mass is 1140 g/mol. The zero-order valence-electron chi connectivity index (χ0n) is 54.3. The highest BCUT2D eigenvalue weighted by Gasteiger charge is 2.32. The van der Waals surface area contributed by atoms with Gasteiger partial charge in [-0.05, 0) is 157 Å². The highest BCUT2D eigenvalue weighted by Crippen LogP contribution is 2.52. The van der Waals surface area contributed by atoms with Gasteiger partial charge in [0.2, 0.25) is 0 Å². The minimum atomic E-state index is -2.09. The van der Waals surface area contributed by atoms with Gasteiger partial charge in [-0.2, -0.15) is 0 Å². The fraction of sp³-hybridized carbons (Fsp3) is 0.459. The van der Waals surface area contributed by atoms with Gasteiger partial charge in [-0.1, -0.05) is 239 Å². The normalized spacial score (nSPS) is 13.5. The van der Waals surface area contributed by atoms with Crippen LogP contribution >= 0.6 is 17.2 Å². The van der Waals surface area contributed by atoms with Crippen LogP contribution in [-0.4, -0.2) is 13.2 Å². The van der Waals surface area contributed by atoms with Crippen molar-refractivity contribution < 1.29 is 27.1 Å². The van der Waals surface area contributed by atoms with Crippen molar-refractivity contribution in [3.8, 4) is 23.0 Å². The Bertz CT molecular complexity index is 3150. The van der Waals surface area contributed by atoms with Gasteiger partial charge < -0.3 is 18.1 Å². The second kappa shape index (κ2) is 22.7. The van der Waals surface area contributed by atoms with Gasteiger partial charge >= 0.3 is 17.2 Å². The molecule has 8 rings (SSSR count). The number of hydrogen-bond acceptors (Lipinski definition) is 6.